The normalized spacial score (nSPS) is 17.8. The third-order valence-electron chi connectivity index (χ3n) is 5.42. The van der Waals surface area contributed by atoms with Crippen LogP contribution in [0.15, 0.2) is 36.4 Å². The van der Waals surface area contributed by atoms with Gasteiger partial charge in [0, 0.05) is 32.1 Å². The van der Waals surface area contributed by atoms with Gasteiger partial charge in [-0.05, 0) is 43.5 Å². The molecule has 0 radical (unpaired) electrons. The molecule has 2 aliphatic rings. The maximum atomic E-state index is 14.2. The van der Waals surface area contributed by atoms with Gasteiger partial charge in [0.25, 0.3) is 0 Å². The quantitative estimate of drug-likeness (QED) is 0.698. The molecule has 3 aromatic rings. The Bertz CT molecular complexity index is 1030. The minimum atomic E-state index is -0.354. The fourth-order valence-electron chi connectivity index (χ4n) is 3.71. The van der Waals surface area contributed by atoms with Crippen LogP contribution < -0.4 is 4.90 Å². The Balaban J connectivity index is 1.42. The van der Waals surface area contributed by atoms with Gasteiger partial charge in [-0.2, -0.15) is 4.52 Å². The Morgan fingerprint density at radius 2 is 1.86 bits per heavy atom. The number of hydrogen-bond acceptors (Lipinski definition) is 5. The van der Waals surface area contributed by atoms with E-state index in [0.29, 0.717) is 29.5 Å². The molecule has 1 amide bonds. The van der Waals surface area contributed by atoms with Crippen LogP contribution in [-0.4, -0.2) is 56.8 Å². The molecule has 2 aromatic heterocycles. The van der Waals surface area contributed by atoms with Gasteiger partial charge in [-0.1, -0.05) is 12.1 Å². The third kappa shape index (κ3) is 3.08. The van der Waals surface area contributed by atoms with Crippen LogP contribution in [0.2, 0.25) is 0 Å². The summed E-state index contributed by atoms with van der Waals surface area (Å²) in [5, 5.41) is 12.9. The number of benzene rings is 1. The molecule has 3 heterocycles. The Hall–Kier alpha value is -3.03. The van der Waals surface area contributed by atoms with Crippen molar-refractivity contribution >= 4 is 17.4 Å². The summed E-state index contributed by atoms with van der Waals surface area (Å²) in [5.74, 6) is 1.36. The molecule has 28 heavy (non-hydrogen) atoms. The second-order valence-corrected chi connectivity index (χ2v) is 7.41. The smallest absolute Gasteiger partial charge is 0.225 e. The summed E-state index contributed by atoms with van der Waals surface area (Å²) in [5.41, 5.74) is 0.944. The molecule has 0 bridgehead atoms. The molecule has 1 aliphatic carbocycles. The van der Waals surface area contributed by atoms with Crippen molar-refractivity contribution in [3.63, 3.8) is 0 Å². The van der Waals surface area contributed by atoms with Crippen LogP contribution in [0.5, 0.6) is 0 Å². The highest BCUT2D eigenvalue weighted by Gasteiger charge is 2.34. The first-order valence-electron chi connectivity index (χ1n) is 9.72. The molecule has 1 aromatic carbocycles. The first kappa shape index (κ1) is 17.1. The third-order valence-corrected chi connectivity index (χ3v) is 5.42. The topological polar surface area (TPSA) is 66.6 Å². The molecule has 1 saturated heterocycles. The lowest BCUT2D eigenvalue weighted by Gasteiger charge is -2.22. The van der Waals surface area contributed by atoms with E-state index in [1.165, 1.54) is 6.07 Å². The Labute approximate surface area is 161 Å². The highest BCUT2D eigenvalue weighted by molar-refractivity contribution is 5.81. The maximum absolute atomic E-state index is 14.2. The maximum Gasteiger partial charge on any atom is 0.225 e. The van der Waals surface area contributed by atoms with Gasteiger partial charge < -0.3 is 9.80 Å². The number of anilines is 1. The van der Waals surface area contributed by atoms with E-state index in [-0.39, 0.29) is 11.7 Å². The van der Waals surface area contributed by atoms with Gasteiger partial charge in [-0.15, -0.1) is 15.3 Å². The molecule has 1 saturated carbocycles. The zero-order chi connectivity index (χ0) is 19.1. The lowest BCUT2D eigenvalue weighted by Crippen LogP contribution is -2.36. The average molecular weight is 380 g/mol. The number of rotatable bonds is 3. The van der Waals surface area contributed by atoms with E-state index >= 15 is 0 Å². The number of amides is 1. The van der Waals surface area contributed by atoms with Crippen molar-refractivity contribution in [2.75, 3.05) is 31.1 Å². The van der Waals surface area contributed by atoms with Gasteiger partial charge in [0.15, 0.2) is 11.5 Å². The minimum absolute atomic E-state index is 0.251. The van der Waals surface area contributed by atoms with Gasteiger partial charge in [-0.25, -0.2) is 4.39 Å². The van der Waals surface area contributed by atoms with Gasteiger partial charge >= 0.3 is 0 Å². The lowest BCUT2D eigenvalue weighted by atomic mass is 10.2. The van der Waals surface area contributed by atoms with E-state index in [9.17, 15) is 9.18 Å². The summed E-state index contributed by atoms with van der Waals surface area (Å²) in [6, 6.07) is 10.2. The zero-order valence-electron chi connectivity index (χ0n) is 15.5. The molecule has 0 N–H and O–H groups in total. The molecule has 1 aliphatic heterocycles. The summed E-state index contributed by atoms with van der Waals surface area (Å²) in [6.07, 6.45) is 2.97. The van der Waals surface area contributed by atoms with Crippen LogP contribution in [0.25, 0.3) is 17.0 Å². The molecule has 144 valence electrons. The van der Waals surface area contributed by atoms with Crippen LogP contribution in [0, 0.1) is 11.7 Å². The fraction of sp³-hybridized carbons (Fsp3) is 0.400. The van der Waals surface area contributed by atoms with Crippen molar-refractivity contribution in [1.29, 1.82) is 0 Å². The summed E-state index contributed by atoms with van der Waals surface area (Å²) in [7, 11) is 0. The molecule has 7 nitrogen and oxygen atoms in total. The summed E-state index contributed by atoms with van der Waals surface area (Å²) >= 11 is 0. The first-order valence-corrected chi connectivity index (χ1v) is 9.72. The Morgan fingerprint density at radius 1 is 1.00 bits per heavy atom. The van der Waals surface area contributed by atoms with Crippen LogP contribution >= 0.6 is 0 Å². The summed E-state index contributed by atoms with van der Waals surface area (Å²) < 4.78 is 15.8. The SMILES string of the molecule is O=C(C1CC1)N1CCCN(c2ccc3nnc(-c4ccccc4F)n3n2)CC1. The molecule has 0 spiro atoms. The second-order valence-electron chi connectivity index (χ2n) is 7.41. The number of aromatic nitrogens is 4. The lowest BCUT2D eigenvalue weighted by molar-refractivity contribution is -0.132. The number of carbonyl (C=O) groups is 1. The molecule has 0 unspecified atom stereocenters. The summed E-state index contributed by atoms with van der Waals surface area (Å²) in [6.45, 7) is 3.05. The minimum Gasteiger partial charge on any atom is -0.353 e. The predicted molar refractivity (Wildman–Crippen MR) is 102 cm³/mol. The Morgan fingerprint density at radius 3 is 2.68 bits per heavy atom. The summed E-state index contributed by atoms with van der Waals surface area (Å²) in [4.78, 5) is 16.5. The monoisotopic (exact) mass is 380 g/mol. The van der Waals surface area contributed by atoms with Crippen molar-refractivity contribution in [3.05, 3.63) is 42.2 Å². The predicted octanol–water partition coefficient (Wildman–Crippen LogP) is 2.38. The van der Waals surface area contributed by atoms with Gasteiger partial charge in [0.2, 0.25) is 5.91 Å². The molecule has 8 heteroatoms. The molecular formula is C20H21FN6O. The van der Waals surface area contributed by atoms with E-state index in [2.05, 4.69) is 20.2 Å². The largest absolute Gasteiger partial charge is 0.353 e. The average Bonchev–Trinajstić information content (AvgIpc) is 3.52. The van der Waals surface area contributed by atoms with Crippen molar-refractivity contribution in [1.82, 2.24) is 24.7 Å². The van der Waals surface area contributed by atoms with Gasteiger partial charge in [0.1, 0.15) is 11.6 Å². The first-order chi connectivity index (χ1) is 13.7. The molecule has 5 rings (SSSR count). The number of hydrogen-bond donors (Lipinski definition) is 0. The standard InChI is InChI=1S/C20H21FN6O/c21-16-5-2-1-4-15(16)19-23-22-17-8-9-18(24-27(17)19)25-10-3-11-26(13-12-25)20(28)14-6-7-14/h1-2,4-5,8-9,14H,3,6-7,10-13H2. The van der Waals surface area contributed by atoms with Crippen molar-refractivity contribution in [2.45, 2.75) is 19.3 Å². The van der Waals surface area contributed by atoms with Gasteiger partial charge in [-0.3, -0.25) is 4.79 Å². The van der Waals surface area contributed by atoms with Crippen molar-refractivity contribution in [3.8, 4) is 11.4 Å². The highest BCUT2D eigenvalue weighted by Crippen LogP contribution is 2.31. The molecule has 2 fully saturated rings. The van der Waals surface area contributed by atoms with E-state index in [0.717, 1.165) is 44.7 Å². The van der Waals surface area contributed by atoms with E-state index in [1.54, 1.807) is 22.7 Å². The van der Waals surface area contributed by atoms with Gasteiger partial charge in [0.05, 0.1) is 5.56 Å². The second kappa shape index (κ2) is 6.85. The number of halogens is 1. The number of carbonyl (C=O) groups excluding carboxylic acids is 1. The molecule has 0 atom stereocenters. The van der Waals surface area contributed by atoms with E-state index in [4.69, 9.17) is 0 Å². The fourth-order valence-corrected chi connectivity index (χ4v) is 3.71. The van der Waals surface area contributed by atoms with E-state index < -0.39 is 0 Å². The number of fused-ring (bicyclic) bond motifs is 1. The van der Waals surface area contributed by atoms with Crippen LogP contribution in [0.1, 0.15) is 19.3 Å². The van der Waals surface area contributed by atoms with E-state index in [1.807, 2.05) is 17.0 Å². The molecular weight excluding hydrogens is 359 g/mol. The number of nitrogens with zero attached hydrogens (tertiary/aromatic N) is 6. The van der Waals surface area contributed by atoms with Crippen molar-refractivity contribution < 1.29 is 9.18 Å². The van der Waals surface area contributed by atoms with Crippen LogP contribution in [-0.2, 0) is 4.79 Å². The Kier molecular flexibility index (Phi) is 4.18. The van der Waals surface area contributed by atoms with Crippen LogP contribution in [0.4, 0.5) is 10.2 Å². The zero-order valence-corrected chi connectivity index (χ0v) is 15.5. The van der Waals surface area contributed by atoms with Crippen molar-refractivity contribution in [2.24, 2.45) is 5.92 Å². The highest BCUT2D eigenvalue weighted by atomic mass is 19.1. The van der Waals surface area contributed by atoms with Crippen LogP contribution in [0.3, 0.4) is 0 Å².